The molecule has 0 spiro atoms. The molecule has 2 aromatic heterocycles. The highest BCUT2D eigenvalue weighted by Gasteiger charge is 2.26. The molecule has 0 radical (unpaired) electrons. The van der Waals surface area contributed by atoms with Gasteiger partial charge in [0.2, 0.25) is 11.5 Å². The first-order chi connectivity index (χ1) is 10.2. The van der Waals surface area contributed by atoms with Crippen LogP contribution in [0.5, 0.6) is 0 Å². The zero-order valence-corrected chi connectivity index (χ0v) is 11.7. The highest BCUT2D eigenvalue weighted by Crippen LogP contribution is 2.01. The van der Waals surface area contributed by atoms with E-state index in [1.807, 2.05) is 30.3 Å². The van der Waals surface area contributed by atoms with E-state index in [1.54, 1.807) is 33.8 Å². The molecule has 0 aliphatic carbocycles. The quantitative estimate of drug-likeness (QED) is 0.370. The van der Waals surface area contributed by atoms with Crippen LogP contribution < -0.4 is 9.13 Å². The van der Waals surface area contributed by atoms with E-state index in [2.05, 4.69) is 5.16 Å². The first-order valence-electron chi connectivity index (χ1n) is 6.46. The number of rotatable bonds is 6. The molecule has 0 fully saturated rings. The smallest absolute Gasteiger partial charge is 0.327 e. The Morgan fingerprint density at radius 2 is 2.00 bits per heavy atom. The molecule has 2 aromatic rings. The van der Waals surface area contributed by atoms with Crippen molar-refractivity contribution in [1.82, 2.24) is 0 Å². The predicted octanol–water partition coefficient (Wildman–Crippen LogP) is 0.832. The summed E-state index contributed by atoms with van der Waals surface area (Å²) in [7, 11) is 0. The number of carbonyl (C=O) groups excluding carboxylic acids is 1. The van der Waals surface area contributed by atoms with Crippen molar-refractivity contribution in [2.75, 3.05) is 0 Å². The first kappa shape index (κ1) is 14.8. The number of carbonyl (C=O) groups is 1. The first-order valence-corrected chi connectivity index (χ1v) is 6.46. The number of Topliss-reactive ketones (excluding diaryl/α,β-unsaturated/α-hetero) is 1. The van der Waals surface area contributed by atoms with Crippen molar-refractivity contribution < 1.29 is 23.9 Å². The lowest BCUT2D eigenvalue weighted by Crippen LogP contribution is -2.48. The zero-order chi connectivity index (χ0) is 15.1. The van der Waals surface area contributed by atoms with Gasteiger partial charge in [0, 0.05) is 31.2 Å². The Morgan fingerprint density at radius 3 is 2.67 bits per heavy atom. The molecule has 1 unspecified atom stereocenters. The molecule has 0 saturated carbocycles. The molecule has 1 atom stereocenters. The molecule has 6 heteroatoms. The molecule has 108 valence electrons. The fourth-order valence-corrected chi connectivity index (χ4v) is 1.92. The molecule has 6 nitrogen and oxygen atoms in total. The van der Waals surface area contributed by atoms with E-state index in [1.165, 1.54) is 13.1 Å². The number of hydrogen-bond acceptors (Lipinski definition) is 4. The van der Waals surface area contributed by atoms with Gasteiger partial charge in [-0.2, -0.15) is 9.13 Å². The number of ketones is 1. The van der Waals surface area contributed by atoms with E-state index in [-0.39, 0.29) is 12.5 Å². The molecule has 0 aromatic carbocycles. The average molecular weight is 287 g/mol. The van der Waals surface area contributed by atoms with Gasteiger partial charge >= 0.3 is 6.23 Å². The summed E-state index contributed by atoms with van der Waals surface area (Å²) in [5.41, 5.74) is 0.667. The van der Waals surface area contributed by atoms with Crippen molar-refractivity contribution >= 4 is 12.0 Å². The number of aromatic nitrogens is 2. The van der Waals surface area contributed by atoms with Gasteiger partial charge in [-0.25, -0.2) is 0 Å². The van der Waals surface area contributed by atoms with Crippen LogP contribution in [-0.2, 0) is 16.3 Å². The third-order valence-electron chi connectivity index (χ3n) is 2.89. The van der Waals surface area contributed by atoms with Crippen molar-refractivity contribution in [2.24, 2.45) is 5.16 Å². The Balaban J connectivity index is 2.15. The van der Waals surface area contributed by atoms with Crippen molar-refractivity contribution in [1.29, 1.82) is 0 Å². The second kappa shape index (κ2) is 7.25. The SMILES string of the molecule is CC(=O)C(OC[n+]1ccccc1C=NO)[n+]1ccccc1. The molecular formula is C15H17N3O3+2. The fraction of sp³-hybridized carbons (Fsp3) is 0.200. The van der Waals surface area contributed by atoms with Gasteiger partial charge in [0.05, 0.1) is 0 Å². The number of nitrogens with zero attached hydrogens (tertiary/aromatic N) is 3. The molecule has 2 heterocycles. The molecule has 0 bridgehead atoms. The molecule has 0 aliphatic rings. The second-order valence-electron chi connectivity index (χ2n) is 4.42. The van der Waals surface area contributed by atoms with Crippen molar-refractivity contribution in [3.63, 3.8) is 0 Å². The van der Waals surface area contributed by atoms with Crippen LogP contribution in [0.2, 0.25) is 0 Å². The maximum atomic E-state index is 11.8. The minimum Gasteiger partial charge on any atom is -0.411 e. The van der Waals surface area contributed by atoms with Crippen LogP contribution in [0.1, 0.15) is 18.8 Å². The van der Waals surface area contributed by atoms with Crippen LogP contribution in [-0.4, -0.2) is 17.2 Å². The Labute approximate surface area is 122 Å². The van der Waals surface area contributed by atoms with Crippen LogP contribution in [0, 0.1) is 0 Å². The van der Waals surface area contributed by atoms with Gasteiger partial charge in [0.15, 0.2) is 18.6 Å². The summed E-state index contributed by atoms with van der Waals surface area (Å²) >= 11 is 0. The van der Waals surface area contributed by atoms with E-state index in [0.717, 1.165) is 0 Å². The number of ether oxygens (including phenoxy) is 1. The van der Waals surface area contributed by atoms with Gasteiger partial charge in [0.1, 0.15) is 6.21 Å². The van der Waals surface area contributed by atoms with Crippen LogP contribution in [0.4, 0.5) is 0 Å². The summed E-state index contributed by atoms with van der Waals surface area (Å²) in [4.78, 5) is 11.8. The summed E-state index contributed by atoms with van der Waals surface area (Å²) < 4.78 is 9.13. The van der Waals surface area contributed by atoms with E-state index in [9.17, 15) is 4.79 Å². The summed E-state index contributed by atoms with van der Waals surface area (Å²) in [6, 6.07) is 11.0. The maximum absolute atomic E-state index is 11.8. The minimum absolute atomic E-state index is 0.0971. The van der Waals surface area contributed by atoms with E-state index in [4.69, 9.17) is 9.94 Å². The highest BCUT2D eigenvalue weighted by molar-refractivity contribution is 5.77. The van der Waals surface area contributed by atoms with Crippen molar-refractivity contribution in [3.05, 3.63) is 60.7 Å². The van der Waals surface area contributed by atoms with Gasteiger partial charge in [-0.15, -0.1) is 0 Å². The largest absolute Gasteiger partial charge is 0.411 e. The van der Waals surface area contributed by atoms with E-state index >= 15 is 0 Å². The fourth-order valence-electron chi connectivity index (χ4n) is 1.92. The predicted molar refractivity (Wildman–Crippen MR) is 73.5 cm³/mol. The maximum Gasteiger partial charge on any atom is 0.327 e. The van der Waals surface area contributed by atoms with Crippen LogP contribution in [0.15, 0.2) is 60.1 Å². The Hall–Kier alpha value is -2.60. The van der Waals surface area contributed by atoms with Crippen molar-refractivity contribution in [2.45, 2.75) is 19.9 Å². The Kier molecular flexibility index (Phi) is 5.11. The molecule has 1 N–H and O–H groups in total. The molecule has 0 aliphatic heterocycles. The average Bonchev–Trinajstić information content (AvgIpc) is 2.50. The lowest BCUT2D eigenvalue weighted by Gasteiger charge is -2.08. The summed E-state index contributed by atoms with van der Waals surface area (Å²) in [5, 5.41) is 11.7. The third kappa shape index (κ3) is 3.93. The molecule has 21 heavy (non-hydrogen) atoms. The summed E-state index contributed by atoms with van der Waals surface area (Å²) in [6.07, 6.45) is 5.94. The normalized spacial score (nSPS) is 12.4. The highest BCUT2D eigenvalue weighted by atomic mass is 16.5. The molecule has 0 amide bonds. The second-order valence-corrected chi connectivity index (χ2v) is 4.42. The number of oxime groups is 1. The van der Waals surface area contributed by atoms with E-state index in [0.29, 0.717) is 5.69 Å². The third-order valence-corrected chi connectivity index (χ3v) is 2.89. The number of pyridine rings is 2. The number of hydrogen-bond donors (Lipinski definition) is 1. The lowest BCUT2D eigenvalue weighted by atomic mass is 10.3. The standard InChI is InChI=1S/C15H16N3O3/c1-13(19)15(17-8-4-2-5-9-17)21-12-18-10-6-3-7-14(18)11-16-20/h2-11,15H,12H2,1H3/q+1/p+1. The van der Waals surface area contributed by atoms with Gasteiger partial charge in [0.25, 0.3) is 6.73 Å². The van der Waals surface area contributed by atoms with Crippen LogP contribution in [0.3, 0.4) is 0 Å². The molecule has 0 saturated heterocycles. The van der Waals surface area contributed by atoms with Crippen LogP contribution >= 0.6 is 0 Å². The topological polar surface area (TPSA) is 66.6 Å². The molecule has 2 rings (SSSR count). The van der Waals surface area contributed by atoms with Gasteiger partial charge in [-0.3, -0.25) is 9.53 Å². The van der Waals surface area contributed by atoms with Gasteiger partial charge < -0.3 is 5.21 Å². The minimum atomic E-state index is -0.696. The van der Waals surface area contributed by atoms with E-state index < -0.39 is 6.23 Å². The Bertz CT molecular complexity index is 629. The Morgan fingerprint density at radius 1 is 1.29 bits per heavy atom. The summed E-state index contributed by atoms with van der Waals surface area (Å²) in [5.74, 6) is -0.0971. The summed E-state index contributed by atoms with van der Waals surface area (Å²) in [6.45, 7) is 1.64. The van der Waals surface area contributed by atoms with Crippen molar-refractivity contribution in [3.8, 4) is 0 Å². The zero-order valence-electron chi connectivity index (χ0n) is 11.7. The molecular weight excluding hydrogens is 270 g/mol. The lowest BCUT2D eigenvalue weighted by molar-refractivity contribution is -0.797. The van der Waals surface area contributed by atoms with Gasteiger partial charge in [-0.05, 0) is 6.07 Å². The van der Waals surface area contributed by atoms with Crippen LogP contribution in [0.25, 0.3) is 0 Å². The monoisotopic (exact) mass is 287 g/mol. The van der Waals surface area contributed by atoms with Gasteiger partial charge in [-0.1, -0.05) is 11.2 Å².